The molecule has 1 aromatic carbocycles. The van der Waals surface area contributed by atoms with Crippen LogP contribution in [0, 0.1) is 6.92 Å². The average Bonchev–Trinajstić information content (AvgIpc) is 2.04. The van der Waals surface area contributed by atoms with E-state index in [2.05, 4.69) is 43.4 Å². The number of benzene rings is 1. The van der Waals surface area contributed by atoms with Gasteiger partial charge < -0.3 is 5.32 Å². The molecule has 11 heavy (non-hydrogen) atoms. The molecule has 1 aromatic rings. The molecule has 0 aliphatic heterocycles. The number of hydrogen-bond donors (Lipinski definition) is 1. The maximum atomic E-state index is 2.30. The van der Waals surface area contributed by atoms with Crippen LogP contribution in [0.25, 0.3) is 0 Å². The molecule has 60 valence electrons. The van der Waals surface area contributed by atoms with Gasteiger partial charge in [-0.15, -0.1) is 0 Å². The van der Waals surface area contributed by atoms with E-state index < -0.39 is 0 Å². The molecule has 0 unspecified atom stereocenters. The van der Waals surface area contributed by atoms with Crippen LogP contribution >= 0.6 is 0 Å². The zero-order valence-electron chi connectivity index (χ0n) is 7.30. The van der Waals surface area contributed by atoms with Crippen molar-refractivity contribution in [2.24, 2.45) is 0 Å². The Kier molecular flexibility index (Phi) is 3.12. The van der Waals surface area contributed by atoms with E-state index in [4.69, 9.17) is 0 Å². The van der Waals surface area contributed by atoms with Crippen molar-refractivity contribution in [1.29, 1.82) is 0 Å². The molecule has 2 N–H and O–H groups in total. The van der Waals surface area contributed by atoms with E-state index >= 15 is 0 Å². The van der Waals surface area contributed by atoms with Gasteiger partial charge in [-0.05, 0) is 13.8 Å². The number of rotatable bonds is 3. The minimum absolute atomic E-state index is 1.11. The van der Waals surface area contributed by atoms with Crippen molar-refractivity contribution in [2.45, 2.75) is 20.4 Å². The van der Waals surface area contributed by atoms with Gasteiger partial charge in [0.15, 0.2) is 0 Å². The average molecular weight is 150 g/mol. The molecular weight excluding hydrogens is 134 g/mol. The van der Waals surface area contributed by atoms with Crippen LogP contribution in [0.2, 0.25) is 0 Å². The summed E-state index contributed by atoms with van der Waals surface area (Å²) < 4.78 is 0. The Morgan fingerprint density at radius 1 is 1.18 bits per heavy atom. The van der Waals surface area contributed by atoms with E-state index in [-0.39, 0.29) is 0 Å². The minimum Gasteiger partial charge on any atom is -0.343 e. The van der Waals surface area contributed by atoms with Crippen LogP contribution in [0.15, 0.2) is 24.3 Å². The van der Waals surface area contributed by atoms with E-state index in [9.17, 15) is 0 Å². The lowest BCUT2D eigenvalue weighted by atomic mass is 10.1. The molecule has 0 aromatic heterocycles. The van der Waals surface area contributed by atoms with Gasteiger partial charge in [-0.3, -0.25) is 0 Å². The highest BCUT2D eigenvalue weighted by Crippen LogP contribution is 2.00. The molecule has 0 bridgehead atoms. The summed E-state index contributed by atoms with van der Waals surface area (Å²) in [6.45, 7) is 6.56. The maximum absolute atomic E-state index is 2.30. The first-order chi connectivity index (χ1) is 5.33. The third-order valence-electron chi connectivity index (χ3n) is 1.79. The first-order valence-corrected chi connectivity index (χ1v) is 4.20. The molecule has 0 aliphatic carbocycles. The molecule has 0 aliphatic rings. The molecular formula is C10H16N+. The Balaban J connectivity index is 2.52. The fraction of sp³-hybridized carbons (Fsp3) is 0.400. The number of aryl methyl sites for hydroxylation is 1. The lowest BCUT2D eigenvalue weighted by Gasteiger charge is -1.98. The summed E-state index contributed by atoms with van der Waals surface area (Å²) in [6, 6.07) is 8.72. The van der Waals surface area contributed by atoms with Crippen LogP contribution in [0.1, 0.15) is 18.1 Å². The van der Waals surface area contributed by atoms with E-state index in [0.29, 0.717) is 0 Å². The summed E-state index contributed by atoms with van der Waals surface area (Å²) in [6.07, 6.45) is 0. The molecule has 0 saturated carbocycles. The van der Waals surface area contributed by atoms with E-state index in [1.807, 2.05) is 0 Å². The Morgan fingerprint density at radius 3 is 2.36 bits per heavy atom. The van der Waals surface area contributed by atoms with Crippen molar-refractivity contribution in [3.8, 4) is 0 Å². The highest BCUT2D eigenvalue weighted by molar-refractivity contribution is 5.20. The van der Waals surface area contributed by atoms with Crippen molar-refractivity contribution in [2.75, 3.05) is 6.54 Å². The zero-order valence-corrected chi connectivity index (χ0v) is 7.30. The molecule has 0 radical (unpaired) electrons. The zero-order chi connectivity index (χ0) is 8.10. The summed E-state index contributed by atoms with van der Waals surface area (Å²) in [4.78, 5) is 0. The number of hydrogen-bond acceptors (Lipinski definition) is 0. The van der Waals surface area contributed by atoms with Gasteiger partial charge in [0.1, 0.15) is 6.54 Å². The van der Waals surface area contributed by atoms with Crippen LogP contribution < -0.4 is 5.32 Å². The Hall–Kier alpha value is -0.820. The highest BCUT2D eigenvalue weighted by atomic mass is 14.8. The molecule has 1 heteroatoms. The largest absolute Gasteiger partial charge is 0.343 e. The van der Waals surface area contributed by atoms with Gasteiger partial charge in [0.25, 0.3) is 0 Å². The van der Waals surface area contributed by atoms with Crippen LogP contribution in [0.4, 0.5) is 0 Å². The number of quaternary nitrogens is 1. The van der Waals surface area contributed by atoms with Gasteiger partial charge in [-0.2, -0.15) is 0 Å². The number of nitrogens with two attached hydrogens (primary N) is 1. The smallest absolute Gasteiger partial charge is 0.101 e. The third kappa shape index (κ3) is 2.72. The predicted molar refractivity (Wildman–Crippen MR) is 47.3 cm³/mol. The lowest BCUT2D eigenvalue weighted by Crippen LogP contribution is -2.81. The molecule has 0 heterocycles. The van der Waals surface area contributed by atoms with Crippen LogP contribution in [-0.2, 0) is 6.54 Å². The molecule has 1 nitrogen and oxygen atoms in total. The molecule has 0 amide bonds. The van der Waals surface area contributed by atoms with Gasteiger partial charge in [-0.25, -0.2) is 0 Å². The van der Waals surface area contributed by atoms with Gasteiger partial charge in [0, 0.05) is 5.56 Å². The second-order valence-corrected chi connectivity index (χ2v) is 2.89. The van der Waals surface area contributed by atoms with E-state index in [1.165, 1.54) is 11.1 Å². The van der Waals surface area contributed by atoms with E-state index in [0.717, 1.165) is 13.1 Å². The van der Waals surface area contributed by atoms with Crippen molar-refractivity contribution in [1.82, 2.24) is 0 Å². The second kappa shape index (κ2) is 4.14. The summed E-state index contributed by atoms with van der Waals surface area (Å²) in [7, 11) is 0. The maximum Gasteiger partial charge on any atom is 0.101 e. The van der Waals surface area contributed by atoms with Crippen LogP contribution in [-0.4, -0.2) is 6.54 Å². The third-order valence-corrected chi connectivity index (χ3v) is 1.79. The standard InChI is InChI=1S/C10H15N/c1-3-11-8-10-6-4-9(2)5-7-10/h4-7,11H,3,8H2,1-2H3/p+1. The van der Waals surface area contributed by atoms with Gasteiger partial charge >= 0.3 is 0 Å². The van der Waals surface area contributed by atoms with Crippen molar-refractivity contribution < 1.29 is 5.32 Å². The van der Waals surface area contributed by atoms with Crippen molar-refractivity contribution in [3.63, 3.8) is 0 Å². The van der Waals surface area contributed by atoms with Crippen molar-refractivity contribution >= 4 is 0 Å². The Bertz CT molecular complexity index is 201. The SMILES string of the molecule is CC[NH2+]Cc1ccc(C)cc1. The van der Waals surface area contributed by atoms with Crippen molar-refractivity contribution in [3.05, 3.63) is 35.4 Å². The first-order valence-electron chi connectivity index (χ1n) is 4.20. The fourth-order valence-electron chi connectivity index (χ4n) is 1.04. The molecule has 0 atom stereocenters. The summed E-state index contributed by atoms with van der Waals surface area (Å²) in [5.41, 5.74) is 2.75. The van der Waals surface area contributed by atoms with Gasteiger partial charge in [0.05, 0.1) is 6.54 Å². The lowest BCUT2D eigenvalue weighted by molar-refractivity contribution is -0.667. The van der Waals surface area contributed by atoms with Gasteiger partial charge in [-0.1, -0.05) is 29.8 Å². The fourth-order valence-corrected chi connectivity index (χ4v) is 1.04. The Morgan fingerprint density at radius 2 is 1.82 bits per heavy atom. The quantitative estimate of drug-likeness (QED) is 0.664. The molecule has 0 spiro atoms. The normalized spacial score (nSPS) is 10.0. The summed E-state index contributed by atoms with van der Waals surface area (Å²) in [5, 5.41) is 2.30. The summed E-state index contributed by atoms with van der Waals surface area (Å²) in [5.74, 6) is 0. The molecule has 0 fully saturated rings. The van der Waals surface area contributed by atoms with Gasteiger partial charge in [0.2, 0.25) is 0 Å². The minimum atomic E-state index is 1.11. The molecule has 1 rings (SSSR count). The van der Waals surface area contributed by atoms with Crippen LogP contribution in [0.5, 0.6) is 0 Å². The highest BCUT2D eigenvalue weighted by Gasteiger charge is 1.91. The topological polar surface area (TPSA) is 16.6 Å². The Labute approximate surface area is 68.4 Å². The summed E-state index contributed by atoms with van der Waals surface area (Å²) >= 11 is 0. The van der Waals surface area contributed by atoms with E-state index in [1.54, 1.807) is 0 Å². The second-order valence-electron chi connectivity index (χ2n) is 2.89. The van der Waals surface area contributed by atoms with Crippen LogP contribution in [0.3, 0.4) is 0 Å². The predicted octanol–water partition coefficient (Wildman–Crippen LogP) is 1.08. The first kappa shape index (κ1) is 8.28. The monoisotopic (exact) mass is 150 g/mol. The molecule has 0 saturated heterocycles.